The van der Waals surface area contributed by atoms with Crippen LogP contribution in [0.3, 0.4) is 0 Å². The summed E-state index contributed by atoms with van der Waals surface area (Å²) < 4.78 is 34.7. The van der Waals surface area contributed by atoms with Gasteiger partial charge in [-0.3, -0.25) is 0 Å². The summed E-state index contributed by atoms with van der Waals surface area (Å²) in [5, 5.41) is 4.72. The molecule has 0 fully saturated rings. The predicted octanol–water partition coefficient (Wildman–Crippen LogP) is 24.1. The van der Waals surface area contributed by atoms with Crippen molar-refractivity contribution in [1.29, 1.82) is 0 Å². The predicted molar refractivity (Wildman–Crippen MR) is 430 cm³/mol. The van der Waals surface area contributed by atoms with E-state index in [0.29, 0.717) is 0 Å². The first-order chi connectivity index (χ1) is 49.3. The van der Waals surface area contributed by atoms with Crippen LogP contribution in [0, 0.1) is 6.85 Å². The zero-order chi connectivity index (χ0) is 71.4. The van der Waals surface area contributed by atoms with Gasteiger partial charge < -0.3 is 18.9 Å². The SMILES string of the molecule is [2H]C([2H])([2H])c1cc2c3c(c1)N(c1c(-c4ccccc4)cc(C(C)(C)C)cc1-c1ccccc1)c1cc(-n4c5cc(C(C)(C)C)ccc5c5ccc(C(C)(C)C)cc54)ccc1B3c1ccc(-n3c4ccccc4c4ccccc43)cc1N2c1c(-c2ccccc2)cc(C(C)(C)C)cc1-c1ccccc1. The van der Waals surface area contributed by atoms with Gasteiger partial charge in [-0.15, -0.1) is 0 Å². The van der Waals surface area contributed by atoms with Crippen molar-refractivity contribution in [3.05, 3.63) is 307 Å². The van der Waals surface area contributed by atoms with Crippen molar-refractivity contribution < 1.29 is 4.11 Å². The number of anilines is 6. The number of fused-ring (bicyclic) bond motifs is 10. The third kappa shape index (κ3) is 10.2. The van der Waals surface area contributed by atoms with Gasteiger partial charge >= 0.3 is 0 Å². The highest BCUT2D eigenvalue weighted by Crippen LogP contribution is 2.55. The van der Waals surface area contributed by atoms with E-state index in [1.807, 2.05) is 12.1 Å². The Hall–Kier alpha value is -10.9. The summed E-state index contributed by atoms with van der Waals surface area (Å²) >= 11 is 0. The molecule has 4 heterocycles. The molecule has 0 amide bonds. The summed E-state index contributed by atoms with van der Waals surface area (Å²) in [7, 11) is 0. The number of benzene rings is 13. The Balaban J connectivity index is 1.08. The van der Waals surface area contributed by atoms with E-state index in [0.717, 1.165) is 128 Å². The molecule has 100 heavy (non-hydrogen) atoms. The van der Waals surface area contributed by atoms with Crippen LogP contribution >= 0.6 is 0 Å². The summed E-state index contributed by atoms with van der Waals surface area (Å²) in [6.07, 6.45) is 0. The highest BCUT2D eigenvalue weighted by atomic mass is 15.2. The van der Waals surface area contributed by atoms with Gasteiger partial charge in [0.05, 0.1) is 33.4 Å². The van der Waals surface area contributed by atoms with Crippen molar-refractivity contribution in [3.8, 4) is 55.9 Å². The molecule has 4 nitrogen and oxygen atoms in total. The maximum Gasteiger partial charge on any atom is 0.252 e. The largest absolute Gasteiger partial charge is 0.310 e. The maximum absolute atomic E-state index is 9.94. The molecule has 2 aliphatic heterocycles. The van der Waals surface area contributed by atoms with Crippen LogP contribution in [-0.2, 0) is 21.7 Å². The van der Waals surface area contributed by atoms with Crippen molar-refractivity contribution >= 4 is 101 Å². The Morgan fingerprint density at radius 3 is 0.940 bits per heavy atom. The molecule has 13 aromatic carbocycles. The number of hydrogen-bond donors (Lipinski definition) is 0. The van der Waals surface area contributed by atoms with Crippen LogP contribution in [0.2, 0.25) is 0 Å². The topological polar surface area (TPSA) is 16.3 Å². The Kier molecular flexibility index (Phi) is 13.7. The summed E-state index contributed by atoms with van der Waals surface area (Å²) in [5.74, 6) is 0. The zero-order valence-electron chi connectivity index (χ0n) is 62.4. The lowest BCUT2D eigenvalue weighted by atomic mass is 9.33. The smallest absolute Gasteiger partial charge is 0.252 e. The quantitative estimate of drug-likeness (QED) is 0.141. The fraction of sp³-hybridized carbons (Fsp3) is 0.179. The lowest BCUT2D eigenvalue weighted by Crippen LogP contribution is -2.61. The number of nitrogens with zero attached hydrogens (tertiary/aromatic N) is 4. The Labute approximate surface area is 594 Å². The molecule has 2 aliphatic rings. The first-order valence-electron chi connectivity index (χ1n) is 37.0. The number of hydrogen-bond acceptors (Lipinski definition) is 2. The highest BCUT2D eigenvalue weighted by Gasteiger charge is 2.46. The monoisotopic (exact) mass is 1300 g/mol. The van der Waals surface area contributed by atoms with E-state index in [-0.39, 0.29) is 27.2 Å². The standard InChI is InChI=1S/C95H85BN4/c1-60-50-87-89-88(51-60)100(91-77(63-34-22-16-23-35-63)54-68(95(11,12)13)55-78(91)64-36-24-17-25-37-64)86-59-70(98-83-56-65(92(2,3)4)42-46-73(83)74-47-43-66(57-84(74)98)93(5,6)7)45-49-80(86)96(89)79-48-44-69(97-81-40-28-26-38-71(81)72-39-27-29-41-82(72)97)58-85(79)99(87)90-75(61-30-18-14-19-31-61)52-67(94(8,9)10)53-76(90)62-32-20-15-21-33-62/h14-59H,1-13H3/i1D3. The Morgan fingerprint density at radius 2 is 0.600 bits per heavy atom. The molecule has 5 heteroatoms. The first kappa shape index (κ1) is 59.2. The van der Waals surface area contributed by atoms with Crippen molar-refractivity contribution in [2.45, 2.75) is 112 Å². The minimum Gasteiger partial charge on any atom is -0.310 e. The molecule has 0 radical (unpaired) electrons. The van der Waals surface area contributed by atoms with E-state index >= 15 is 0 Å². The van der Waals surface area contributed by atoms with Crippen molar-refractivity contribution in [2.24, 2.45) is 0 Å². The van der Waals surface area contributed by atoms with Gasteiger partial charge in [-0.05, 0) is 180 Å². The van der Waals surface area contributed by atoms with E-state index in [9.17, 15) is 4.11 Å². The Morgan fingerprint density at radius 1 is 0.280 bits per heavy atom. The molecule has 17 rings (SSSR count). The summed E-state index contributed by atoms with van der Waals surface area (Å²) in [4.78, 5) is 4.99. The Bertz CT molecular complexity index is 5650. The van der Waals surface area contributed by atoms with Gasteiger partial charge in [0, 0.05) is 82.0 Å². The van der Waals surface area contributed by atoms with Crippen molar-refractivity contribution in [2.75, 3.05) is 9.80 Å². The second-order valence-corrected chi connectivity index (χ2v) is 32.0. The molecule has 488 valence electrons. The van der Waals surface area contributed by atoms with E-state index in [1.54, 1.807) is 0 Å². The lowest BCUT2D eigenvalue weighted by Gasteiger charge is -2.46. The van der Waals surface area contributed by atoms with E-state index in [4.69, 9.17) is 0 Å². The zero-order valence-corrected chi connectivity index (χ0v) is 59.4. The number of aromatic nitrogens is 2. The van der Waals surface area contributed by atoms with Gasteiger partial charge in [0.1, 0.15) is 0 Å². The molecule has 0 saturated heterocycles. The fourth-order valence-electron chi connectivity index (χ4n) is 16.1. The fourth-order valence-corrected chi connectivity index (χ4v) is 16.1. The number of aryl methyl sites for hydroxylation is 1. The maximum atomic E-state index is 9.94. The van der Waals surface area contributed by atoms with Gasteiger partial charge in [0.15, 0.2) is 0 Å². The van der Waals surface area contributed by atoms with Gasteiger partial charge in [-0.1, -0.05) is 277 Å². The number of para-hydroxylation sites is 2. The molecular formula is C95H85BN4. The average molecular weight is 1300 g/mol. The molecule has 0 atom stereocenters. The minimum atomic E-state index is -2.58. The molecular weight excluding hydrogens is 1210 g/mol. The van der Waals surface area contributed by atoms with Crippen LogP contribution < -0.4 is 26.2 Å². The van der Waals surface area contributed by atoms with E-state index in [2.05, 4.69) is 369 Å². The van der Waals surface area contributed by atoms with E-state index in [1.165, 1.54) is 43.8 Å². The van der Waals surface area contributed by atoms with Crippen LogP contribution in [0.5, 0.6) is 0 Å². The van der Waals surface area contributed by atoms with Gasteiger partial charge in [-0.25, -0.2) is 0 Å². The molecule has 2 aromatic heterocycles. The summed E-state index contributed by atoms with van der Waals surface area (Å²) in [5.41, 5.74) is 27.8. The van der Waals surface area contributed by atoms with Crippen LogP contribution in [0.4, 0.5) is 34.1 Å². The molecule has 0 spiro atoms. The molecule has 0 saturated carbocycles. The molecule has 15 aromatic rings. The average Bonchev–Trinajstić information content (AvgIpc) is 1.64. The molecule has 0 aliphatic carbocycles. The van der Waals surface area contributed by atoms with Crippen LogP contribution in [0.25, 0.3) is 99.5 Å². The summed E-state index contributed by atoms with van der Waals surface area (Å²) in [6, 6.07) is 103. The van der Waals surface area contributed by atoms with Crippen LogP contribution in [-0.4, -0.2) is 15.8 Å². The normalized spacial score (nSPS) is 13.8. The summed E-state index contributed by atoms with van der Waals surface area (Å²) in [6.45, 7) is 24.6. The second-order valence-electron chi connectivity index (χ2n) is 32.0. The third-order valence-electron chi connectivity index (χ3n) is 21.4. The molecule has 0 N–H and O–H groups in total. The lowest BCUT2D eigenvalue weighted by molar-refractivity contribution is 0.590. The first-order valence-corrected chi connectivity index (χ1v) is 35.5. The van der Waals surface area contributed by atoms with E-state index < -0.39 is 13.6 Å². The van der Waals surface area contributed by atoms with Crippen molar-refractivity contribution in [1.82, 2.24) is 9.13 Å². The van der Waals surface area contributed by atoms with Gasteiger partial charge in [-0.2, -0.15) is 0 Å². The van der Waals surface area contributed by atoms with Crippen LogP contribution in [0.15, 0.2) is 279 Å². The third-order valence-corrected chi connectivity index (χ3v) is 21.4. The highest BCUT2D eigenvalue weighted by molar-refractivity contribution is 7.00. The van der Waals surface area contributed by atoms with Gasteiger partial charge in [0.25, 0.3) is 6.71 Å². The molecule has 0 bridgehead atoms. The van der Waals surface area contributed by atoms with Gasteiger partial charge in [0.2, 0.25) is 0 Å². The van der Waals surface area contributed by atoms with Crippen LogP contribution in [0.1, 0.15) is 115 Å². The van der Waals surface area contributed by atoms with Crippen molar-refractivity contribution in [3.63, 3.8) is 0 Å². The number of rotatable bonds is 8. The molecule has 0 unspecified atom stereocenters. The second kappa shape index (κ2) is 23.1. The minimum absolute atomic E-state index is 0.135.